The maximum Gasteiger partial charge on any atom is 0.254 e. The lowest BCUT2D eigenvalue weighted by Gasteiger charge is -2.20. The highest BCUT2D eigenvalue weighted by atomic mass is 79.9. The molecule has 3 nitrogen and oxygen atoms in total. The van der Waals surface area contributed by atoms with Crippen LogP contribution in [0.25, 0.3) is 0 Å². The number of rotatable bonds is 4. The lowest BCUT2D eigenvalue weighted by Crippen LogP contribution is -2.27. The summed E-state index contributed by atoms with van der Waals surface area (Å²) >= 11 is 3.46. The Labute approximate surface area is 140 Å². The maximum atomic E-state index is 12.7. The van der Waals surface area contributed by atoms with Gasteiger partial charge in [-0.05, 0) is 43.7 Å². The van der Waals surface area contributed by atoms with Gasteiger partial charge in [0.2, 0.25) is 0 Å². The van der Waals surface area contributed by atoms with Crippen LogP contribution in [0.4, 0.5) is 0 Å². The maximum absolute atomic E-state index is 12.7. The van der Waals surface area contributed by atoms with Crippen LogP contribution in [-0.4, -0.2) is 25.0 Å². The molecule has 2 rings (SSSR count). The van der Waals surface area contributed by atoms with E-state index in [1.807, 2.05) is 57.3 Å². The molecule has 0 radical (unpaired) electrons. The molecule has 116 valence electrons. The summed E-state index contributed by atoms with van der Waals surface area (Å²) in [5, 5.41) is 0. The zero-order valence-corrected chi connectivity index (χ0v) is 14.9. The number of benzene rings is 2. The molecule has 2 aromatic rings. The highest BCUT2D eigenvalue weighted by Crippen LogP contribution is 2.25. The second kappa shape index (κ2) is 6.97. The molecule has 0 aliphatic carbocycles. The molecule has 0 bridgehead atoms. The zero-order valence-electron chi connectivity index (χ0n) is 13.3. The van der Waals surface area contributed by atoms with Crippen LogP contribution < -0.4 is 4.74 Å². The van der Waals surface area contributed by atoms with Gasteiger partial charge >= 0.3 is 0 Å². The summed E-state index contributed by atoms with van der Waals surface area (Å²) in [6, 6.07) is 11.7. The molecule has 0 unspecified atom stereocenters. The molecule has 0 saturated carbocycles. The van der Waals surface area contributed by atoms with Crippen molar-refractivity contribution < 1.29 is 9.53 Å². The topological polar surface area (TPSA) is 29.5 Å². The number of carbonyl (C=O) groups excluding carboxylic acids is 1. The first-order chi connectivity index (χ1) is 10.4. The van der Waals surface area contributed by atoms with Gasteiger partial charge < -0.3 is 9.64 Å². The quantitative estimate of drug-likeness (QED) is 0.810. The van der Waals surface area contributed by atoms with Gasteiger partial charge in [0.1, 0.15) is 5.75 Å². The van der Waals surface area contributed by atoms with Crippen molar-refractivity contribution in [3.63, 3.8) is 0 Å². The fourth-order valence-corrected chi connectivity index (χ4v) is 2.78. The Morgan fingerprint density at radius 2 is 1.91 bits per heavy atom. The van der Waals surface area contributed by atoms with Crippen LogP contribution in [0, 0.1) is 13.8 Å². The monoisotopic (exact) mass is 361 g/mol. The number of methoxy groups -OCH3 is 1. The van der Waals surface area contributed by atoms with E-state index in [2.05, 4.69) is 15.9 Å². The summed E-state index contributed by atoms with van der Waals surface area (Å²) in [7, 11) is 3.45. The molecule has 0 N–H and O–H groups in total. The highest BCUT2D eigenvalue weighted by molar-refractivity contribution is 9.10. The van der Waals surface area contributed by atoms with Crippen molar-refractivity contribution in [3.8, 4) is 5.75 Å². The van der Waals surface area contributed by atoms with E-state index in [4.69, 9.17) is 4.74 Å². The van der Waals surface area contributed by atoms with Gasteiger partial charge in [0, 0.05) is 29.2 Å². The largest absolute Gasteiger partial charge is 0.496 e. The Balaban J connectivity index is 2.25. The molecule has 0 spiro atoms. The third-order valence-electron chi connectivity index (χ3n) is 3.62. The molecule has 0 heterocycles. The summed E-state index contributed by atoms with van der Waals surface area (Å²) in [5.74, 6) is 0.798. The molecule has 2 aromatic carbocycles. The number of hydrogen-bond acceptors (Lipinski definition) is 2. The van der Waals surface area contributed by atoms with Crippen LogP contribution in [0.3, 0.4) is 0 Å². The highest BCUT2D eigenvalue weighted by Gasteiger charge is 2.16. The Hall–Kier alpha value is -1.81. The lowest BCUT2D eigenvalue weighted by atomic mass is 10.0. The summed E-state index contributed by atoms with van der Waals surface area (Å²) in [6.07, 6.45) is 0. The number of carbonyl (C=O) groups is 1. The predicted octanol–water partition coefficient (Wildman–Crippen LogP) is 4.35. The fraction of sp³-hybridized carbons (Fsp3) is 0.278. The molecule has 0 aliphatic heterocycles. The first-order valence-electron chi connectivity index (χ1n) is 7.07. The van der Waals surface area contributed by atoms with Crippen molar-refractivity contribution in [2.24, 2.45) is 0 Å². The third-order valence-corrected chi connectivity index (χ3v) is 4.11. The van der Waals surface area contributed by atoms with Gasteiger partial charge in [-0.2, -0.15) is 0 Å². The summed E-state index contributed by atoms with van der Waals surface area (Å²) in [6.45, 7) is 4.45. The zero-order chi connectivity index (χ0) is 16.3. The van der Waals surface area contributed by atoms with Crippen LogP contribution >= 0.6 is 15.9 Å². The first-order valence-corrected chi connectivity index (χ1v) is 7.87. The minimum Gasteiger partial charge on any atom is -0.496 e. The third kappa shape index (κ3) is 3.69. The summed E-state index contributed by atoms with van der Waals surface area (Å²) in [4.78, 5) is 14.4. The van der Waals surface area contributed by atoms with Crippen molar-refractivity contribution in [3.05, 3.63) is 63.1 Å². The Kier molecular flexibility index (Phi) is 5.24. The fourth-order valence-electron chi connectivity index (χ4n) is 2.37. The average Bonchev–Trinajstić information content (AvgIpc) is 2.49. The van der Waals surface area contributed by atoms with Crippen molar-refractivity contribution in [2.45, 2.75) is 20.4 Å². The molecule has 0 saturated heterocycles. The lowest BCUT2D eigenvalue weighted by molar-refractivity contribution is 0.0783. The van der Waals surface area contributed by atoms with E-state index >= 15 is 0 Å². The Morgan fingerprint density at radius 1 is 1.18 bits per heavy atom. The van der Waals surface area contributed by atoms with E-state index in [9.17, 15) is 4.79 Å². The van der Waals surface area contributed by atoms with Gasteiger partial charge in [0.15, 0.2) is 0 Å². The van der Waals surface area contributed by atoms with Crippen molar-refractivity contribution >= 4 is 21.8 Å². The van der Waals surface area contributed by atoms with Crippen molar-refractivity contribution in [1.29, 1.82) is 0 Å². The van der Waals surface area contributed by atoms with Crippen molar-refractivity contribution in [1.82, 2.24) is 4.90 Å². The molecule has 0 fully saturated rings. The summed E-state index contributed by atoms with van der Waals surface area (Å²) in [5.41, 5.74) is 3.79. The van der Waals surface area contributed by atoms with Gasteiger partial charge in [0.05, 0.1) is 7.11 Å². The Morgan fingerprint density at radius 3 is 2.59 bits per heavy atom. The molecule has 1 amide bonds. The summed E-state index contributed by atoms with van der Waals surface area (Å²) < 4.78 is 6.34. The van der Waals surface area contributed by atoms with E-state index in [1.165, 1.54) is 0 Å². The number of hydrogen-bond donors (Lipinski definition) is 0. The SMILES string of the molecule is COc1ccc(Br)cc1CN(C)C(=O)c1cc(C)ccc1C. The molecule has 22 heavy (non-hydrogen) atoms. The van der Waals surface area contributed by atoms with Gasteiger partial charge in [-0.25, -0.2) is 0 Å². The van der Waals surface area contributed by atoms with Gasteiger partial charge in [-0.3, -0.25) is 4.79 Å². The Bertz CT molecular complexity index is 697. The van der Waals surface area contributed by atoms with E-state index < -0.39 is 0 Å². The number of ether oxygens (including phenoxy) is 1. The smallest absolute Gasteiger partial charge is 0.254 e. The molecular formula is C18H20BrNO2. The number of nitrogens with zero attached hydrogens (tertiary/aromatic N) is 1. The van der Waals surface area contributed by atoms with Gasteiger partial charge in [-0.1, -0.05) is 33.6 Å². The number of aryl methyl sites for hydroxylation is 2. The second-order valence-electron chi connectivity index (χ2n) is 5.44. The molecular weight excluding hydrogens is 342 g/mol. The second-order valence-corrected chi connectivity index (χ2v) is 6.35. The van der Waals surface area contributed by atoms with Gasteiger partial charge in [-0.15, -0.1) is 0 Å². The number of amides is 1. The van der Waals surface area contributed by atoms with Crippen LogP contribution in [-0.2, 0) is 6.54 Å². The normalized spacial score (nSPS) is 10.4. The molecule has 0 aliphatic rings. The van der Waals surface area contributed by atoms with Crippen LogP contribution in [0.15, 0.2) is 40.9 Å². The molecule has 0 aromatic heterocycles. The molecule has 0 atom stereocenters. The minimum absolute atomic E-state index is 0.0169. The van der Waals surface area contributed by atoms with Crippen molar-refractivity contribution in [2.75, 3.05) is 14.2 Å². The van der Waals surface area contributed by atoms with E-state index in [0.717, 1.165) is 32.5 Å². The minimum atomic E-state index is 0.0169. The standard InChI is InChI=1S/C18H20BrNO2/c1-12-5-6-13(2)16(9-12)18(21)20(3)11-14-10-15(19)7-8-17(14)22-4/h5-10H,11H2,1-4H3. The van der Waals surface area contributed by atoms with E-state index in [-0.39, 0.29) is 5.91 Å². The van der Waals surface area contributed by atoms with Crippen LogP contribution in [0.5, 0.6) is 5.75 Å². The number of halogens is 1. The average molecular weight is 362 g/mol. The first kappa shape index (κ1) is 16.6. The molecule has 4 heteroatoms. The predicted molar refractivity (Wildman–Crippen MR) is 92.4 cm³/mol. The van der Waals surface area contributed by atoms with E-state index in [1.54, 1.807) is 12.0 Å². The van der Waals surface area contributed by atoms with Crippen LogP contribution in [0.1, 0.15) is 27.0 Å². The van der Waals surface area contributed by atoms with E-state index in [0.29, 0.717) is 6.54 Å². The van der Waals surface area contributed by atoms with Gasteiger partial charge in [0.25, 0.3) is 5.91 Å². The van der Waals surface area contributed by atoms with Crippen LogP contribution in [0.2, 0.25) is 0 Å².